The largest absolute Gasteiger partial charge is 0.291 e. The molecule has 0 aliphatic rings. The van der Waals surface area contributed by atoms with Crippen LogP contribution in [-0.4, -0.2) is 14.4 Å². The van der Waals surface area contributed by atoms with Gasteiger partial charge in [0.05, 0.1) is 5.69 Å². The van der Waals surface area contributed by atoms with Gasteiger partial charge < -0.3 is 0 Å². The molecule has 1 aromatic carbocycles. The molecule has 0 aliphatic heterocycles. The summed E-state index contributed by atoms with van der Waals surface area (Å²) in [5.74, 6) is 0. The first kappa shape index (κ1) is 10.7. The zero-order valence-corrected chi connectivity index (χ0v) is 11.4. The summed E-state index contributed by atoms with van der Waals surface area (Å²) in [7, 11) is 0. The highest BCUT2D eigenvalue weighted by atomic mass is 127. The van der Waals surface area contributed by atoms with Gasteiger partial charge in [0.25, 0.3) is 0 Å². The molecule has 4 heteroatoms. The Bertz CT molecular complexity index is 674. The number of halogens is 1. The third-order valence-electron chi connectivity index (χ3n) is 2.71. The minimum Gasteiger partial charge on any atom is -0.291 e. The van der Waals surface area contributed by atoms with Crippen LogP contribution in [-0.2, 0) is 0 Å². The number of hydrogen-bond acceptors (Lipinski definition) is 2. The van der Waals surface area contributed by atoms with Crippen molar-refractivity contribution in [2.24, 2.45) is 0 Å². The molecular formula is C13H10IN3. The van der Waals surface area contributed by atoms with Crippen molar-refractivity contribution < 1.29 is 0 Å². The predicted octanol–water partition coefficient (Wildman–Crippen LogP) is 3.31. The molecule has 17 heavy (non-hydrogen) atoms. The third-order valence-corrected chi connectivity index (χ3v) is 3.74. The molecule has 3 rings (SSSR count). The molecule has 3 aromatic rings. The SMILES string of the molecule is Cc1nccn2c(I)c(-c3ccccc3)nc12. The van der Waals surface area contributed by atoms with Gasteiger partial charge in [0, 0.05) is 18.0 Å². The molecule has 0 amide bonds. The van der Waals surface area contributed by atoms with Crippen molar-refractivity contribution in [3.8, 4) is 11.3 Å². The van der Waals surface area contributed by atoms with E-state index in [0.29, 0.717) is 0 Å². The van der Waals surface area contributed by atoms with Gasteiger partial charge in [-0.3, -0.25) is 9.38 Å². The fourth-order valence-corrected chi connectivity index (χ4v) is 2.67. The molecule has 84 valence electrons. The highest BCUT2D eigenvalue weighted by Crippen LogP contribution is 2.25. The molecule has 0 atom stereocenters. The summed E-state index contributed by atoms with van der Waals surface area (Å²) >= 11 is 2.33. The number of hydrogen-bond donors (Lipinski definition) is 0. The fourth-order valence-electron chi connectivity index (χ4n) is 1.85. The zero-order valence-electron chi connectivity index (χ0n) is 9.26. The number of nitrogens with zero attached hydrogens (tertiary/aromatic N) is 3. The molecule has 2 aromatic heterocycles. The zero-order chi connectivity index (χ0) is 11.8. The molecule has 2 heterocycles. The smallest absolute Gasteiger partial charge is 0.159 e. The van der Waals surface area contributed by atoms with Crippen molar-refractivity contribution in [1.82, 2.24) is 14.4 Å². The molecule has 0 spiro atoms. The predicted molar refractivity (Wildman–Crippen MR) is 75.9 cm³/mol. The summed E-state index contributed by atoms with van der Waals surface area (Å²) in [6, 6.07) is 10.2. The monoisotopic (exact) mass is 335 g/mol. The van der Waals surface area contributed by atoms with Crippen molar-refractivity contribution in [1.29, 1.82) is 0 Å². The standard InChI is InChI=1S/C13H10IN3/c1-9-13-16-11(10-5-3-2-4-6-10)12(14)17(13)8-7-15-9/h2-8H,1H3. The first-order valence-electron chi connectivity index (χ1n) is 5.32. The van der Waals surface area contributed by atoms with Crippen LogP contribution in [0.2, 0.25) is 0 Å². The lowest BCUT2D eigenvalue weighted by atomic mass is 10.2. The average molecular weight is 335 g/mol. The van der Waals surface area contributed by atoms with Gasteiger partial charge in [-0.15, -0.1) is 0 Å². The summed E-state index contributed by atoms with van der Waals surface area (Å²) in [5.41, 5.74) is 4.03. The molecule has 0 bridgehead atoms. The van der Waals surface area contributed by atoms with E-state index in [4.69, 9.17) is 0 Å². The highest BCUT2D eigenvalue weighted by molar-refractivity contribution is 14.1. The van der Waals surface area contributed by atoms with Crippen LogP contribution < -0.4 is 0 Å². The van der Waals surface area contributed by atoms with Crippen molar-refractivity contribution in [2.45, 2.75) is 6.92 Å². The molecular weight excluding hydrogens is 325 g/mol. The summed E-state index contributed by atoms with van der Waals surface area (Å²) in [5, 5.41) is 0. The lowest BCUT2D eigenvalue weighted by Gasteiger charge is -1.97. The van der Waals surface area contributed by atoms with Crippen LogP contribution in [0.5, 0.6) is 0 Å². The summed E-state index contributed by atoms with van der Waals surface area (Å²) in [4.78, 5) is 8.94. The third kappa shape index (κ3) is 1.72. The van der Waals surface area contributed by atoms with E-state index in [1.807, 2.05) is 31.3 Å². The van der Waals surface area contributed by atoms with Crippen LogP contribution in [0.25, 0.3) is 16.9 Å². The van der Waals surface area contributed by atoms with Crippen molar-refractivity contribution in [2.75, 3.05) is 0 Å². The molecule has 0 N–H and O–H groups in total. The Morgan fingerprint density at radius 1 is 1.18 bits per heavy atom. The first-order chi connectivity index (χ1) is 8.27. The first-order valence-corrected chi connectivity index (χ1v) is 6.40. The Kier molecular flexibility index (Phi) is 2.58. The van der Waals surface area contributed by atoms with E-state index in [1.54, 1.807) is 6.20 Å². The van der Waals surface area contributed by atoms with Crippen LogP contribution in [0.1, 0.15) is 5.69 Å². The quantitative estimate of drug-likeness (QED) is 0.639. The number of imidazole rings is 1. The maximum Gasteiger partial charge on any atom is 0.159 e. The number of aryl methyl sites for hydroxylation is 1. The Balaban J connectivity index is 2.32. The second-order valence-corrected chi connectivity index (χ2v) is 4.85. The fraction of sp³-hybridized carbons (Fsp3) is 0.0769. The second kappa shape index (κ2) is 4.10. The maximum absolute atomic E-state index is 4.68. The number of fused-ring (bicyclic) bond motifs is 1. The number of aromatic nitrogens is 3. The second-order valence-electron chi connectivity index (χ2n) is 3.82. The molecule has 0 radical (unpaired) electrons. The van der Waals surface area contributed by atoms with E-state index < -0.39 is 0 Å². The van der Waals surface area contributed by atoms with Gasteiger partial charge in [-0.05, 0) is 29.5 Å². The lowest BCUT2D eigenvalue weighted by Crippen LogP contribution is -1.91. The highest BCUT2D eigenvalue weighted by Gasteiger charge is 2.12. The van der Waals surface area contributed by atoms with Crippen molar-refractivity contribution >= 4 is 28.2 Å². The molecule has 0 unspecified atom stereocenters. The van der Waals surface area contributed by atoms with E-state index >= 15 is 0 Å². The Hall–Kier alpha value is -1.43. The molecule has 0 aliphatic carbocycles. The molecule has 3 nitrogen and oxygen atoms in total. The summed E-state index contributed by atoms with van der Waals surface area (Å²) < 4.78 is 3.19. The van der Waals surface area contributed by atoms with Crippen molar-refractivity contribution in [3.63, 3.8) is 0 Å². The van der Waals surface area contributed by atoms with E-state index in [1.165, 1.54) is 0 Å². The van der Waals surface area contributed by atoms with Gasteiger partial charge in [0.2, 0.25) is 0 Å². The average Bonchev–Trinajstić information content (AvgIpc) is 2.70. The van der Waals surface area contributed by atoms with Crippen LogP contribution in [0.15, 0.2) is 42.7 Å². The van der Waals surface area contributed by atoms with Gasteiger partial charge >= 0.3 is 0 Å². The van der Waals surface area contributed by atoms with E-state index in [2.05, 4.69) is 49.1 Å². The Morgan fingerprint density at radius 3 is 2.65 bits per heavy atom. The van der Waals surface area contributed by atoms with Gasteiger partial charge in [-0.25, -0.2) is 4.98 Å². The molecule has 0 saturated carbocycles. The topological polar surface area (TPSA) is 30.2 Å². The van der Waals surface area contributed by atoms with E-state index in [9.17, 15) is 0 Å². The Morgan fingerprint density at radius 2 is 1.94 bits per heavy atom. The van der Waals surface area contributed by atoms with Crippen LogP contribution in [0.3, 0.4) is 0 Å². The van der Waals surface area contributed by atoms with Crippen LogP contribution in [0.4, 0.5) is 0 Å². The summed E-state index contributed by atoms with van der Waals surface area (Å²) in [6.45, 7) is 1.98. The molecule has 0 fully saturated rings. The lowest BCUT2D eigenvalue weighted by molar-refractivity contribution is 1.06. The Labute approximate surface area is 113 Å². The van der Waals surface area contributed by atoms with E-state index in [-0.39, 0.29) is 0 Å². The number of benzene rings is 1. The van der Waals surface area contributed by atoms with E-state index in [0.717, 1.165) is 26.3 Å². The van der Waals surface area contributed by atoms with Gasteiger partial charge in [-0.1, -0.05) is 30.3 Å². The van der Waals surface area contributed by atoms with Gasteiger partial charge in [0.1, 0.15) is 9.39 Å². The van der Waals surface area contributed by atoms with Gasteiger partial charge in [0.15, 0.2) is 5.65 Å². The summed E-state index contributed by atoms with van der Waals surface area (Å²) in [6.07, 6.45) is 3.75. The maximum atomic E-state index is 4.68. The minimum atomic E-state index is 0.927. The molecule has 0 saturated heterocycles. The van der Waals surface area contributed by atoms with Crippen LogP contribution >= 0.6 is 22.6 Å². The number of rotatable bonds is 1. The normalized spacial score (nSPS) is 10.9. The van der Waals surface area contributed by atoms with Gasteiger partial charge in [-0.2, -0.15) is 0 Å². The minimum absolute atomic E-state index is 0.927. The van der Waals surface area contributed by atoms with Crippen LogP contribution in [0, 0.1) is 10.6 Å². The van der Waals surface area contributed by atoms with Crippen molar-refractivity contribution in [3.05, 3.63) is 52.1 Å².